The first-order valence-electron chi connectivity index (χ1n) is 8.72. The molecule has 2 aliphatic rings. The first-order chi connectivity index (χ1) is 11.9. The number of para-hydroxylation sites is 1. The van der Waals surface area contributed by atoms with Gasteiger partial charge < -0.3 is 19.7 Å². The van der Waals surface area contributed by atoms with Crippen LogP contribution in [0.2, 0.25) is 0 Å². The summed E-state index contributed by atoms with van der Waals surface area (Å²) in [6.45, 7) is 7.32. The van der Waals surface area contributed by atoms with Gasteiger partial charge in [0.15, 0.2) is 0 Å². The van der Waals surface area contributed by atoms with E-state index < -0.39 is 5.41 Å². The Morgan fingerprint density at radius 1 is 1.40 bits per heavy atom. The number of fused-ring (bicyclic) bond motifs is 1. The molecule has 0 aromatic heterocycles. The van der Waals surface area contributed by atoms with Gasteiger partial charge in [-0.05, 0) is 25.8 Å². The predicted molar refractivity (Wildman–Crippen MR) is 93.5 cm³/mol. The molecule has 1 saturated heterocycles. The standard InChI is InChI=1S/C19H26N2O4/c1-12-9-21(11-19(12,3)17(22)24-4)18(23)20-13(2)15-10-25-16-8-6-5-7-14(15)16/h5-8,12-13,15H,9-11H2,1-4H3,(H,20,23)/t12-,13-,15-,19-/m1/s1. The van der Waals surface area contributed by atoms with Crippen molar-refractivity contribution in [2.75, 3.05) is 26.8 Å². The molecular formula is C19H26N2O4. The molecule has 4 atom stereocenters. The lowest BCUT2D eigenvalue weighted by molar-refractivity contribution is -0.152. The lowest BCUT2D eigenvalue weighted by atomic mass is 9.81. The molecule has 1 fully saturated rings. The molecule has 0 spiro atoms. The second-order valence-electron chi connectivity index (χ2n) is 7.38. The average Bonchev–Trinajstić information content (AvgIpc) is 3.16. The van der Waals surface area contributed by atoms with Crippen LogP contribution in [0.15, 0.2) is 24.3 Å². The number of ether oxygens (including phenoxy) is 2. The third kappa shape index (κ3) is 3.05. The van der Waals surface area contributed by atoms with Crippen molar-refractivity contribution in [2.24, 2.45) is 11.3 Å². The van der Waals surface area contributed by atoms with Gasteiger partial charge in [-0.15, -0.1) is 0 Å². The van der Waals surface area contributed by atoms with Crippen molar-refractivity contribution in [1.82, 2.24) is 10.2 Å². The summed E-state index contributed by atoms with van der Waals surface area (Å²) in [5.41, 5.74) is 0.475. The van der Waals surface area contributed by atoms with Gasteiger partial charge in [0.05, 0.1) is 19.1 Å². The molecule has 6 heteroatoms. The molecule has 2 aliphatic heterocycles. The molecule has 25 heavy (non-hydrogen) atoms. The Morgan fingerprint density at radius 3 is 2.84 bits per heavy atom. The van der Waals surface area contributed by atoms with Crippen molar-refractivity contribution in [2.45, 2.75) is 32.7 Å². The third-order valence-electron chi connectivity index (χ3n) is 5.73. The highest BCUT2D eigenvalue weighted by Gasteiger charge is 2.48. The molecule has 2 amide bonds. The van der Waals surface area contributed by atoms with Crippen molar-refractivity contribution >= 4 is 12.0 Å². The summed E-state index contributed by atoms with van der Waals surface area (Å²) in [5.74, 6) is 0.812. The number of esters is 1. The lowest BCUT2D eigenvalue weighted by Gasteiger charge is -2.26. The van der Waals surface area contributed by atoms with Gasteiger partial charge in [-0.3, -0.25) is 4.79 Å². The molecule has 6 nitrogen and oxygen atoms in total. The Morgan fingerprint density at radius 2 is 2.12 bits per heavy atom. The van der Waals surface area contributed by atoms with Crippen LogP contribution in [-0.4, -0.2) is 49.7 Å². The second-order valence-corrected chi connectivity index (χ2v) is 7.38. The van der Waals surface area contributed by atoms with Crippen LogP contribution < -0.4 is 10.1 Å². The van der Waals surface area contributed by atoms with E-state index in [1.165, 1.54) is 7.11 Å². The van der Waals surface area contributed by atoms with Crippen LogP contribution in [-0.2, 0) is 9.53 Å². The smallest absolute Gasteiger partial charge is 0.317 e. The van der Waals surface area contributed by atoms with Crippen LogP contribution in [0, 0.1) is 11.3 Å². The number of nitrogens with one attached hydrogen (secondary N) is 1. The molecule has 2 heterocycles. The summed E-state index contributed by atoms with van der Waals surface area (Å²) in [6.07, 6.45) is 0. The van der Waals surface area contributed by atoms with Crippen LogP contribution in [0.25, 0.3) is 0 Å². The molecule has 0 radical (unpaired) electrons. The number of urea groups is 1. The fraction of sp³-hybridized carbons (Fsp3) is 0.579. The first-order valence-corrected chi connectivity index (χ1v) is 8.72. The summed E-state index contributed by atoms with van der Waals surface area (Å²) in [6, 6.07) is 7.73. The van der Waals surface area contributed by atoms with E-state index in [1.807, 2.05) is 45.0 Å². The van der Waals surface area contributed by atoms with Crippen LogP contribution in [0.4, 0.5) is 4.79 Å². The average molecular weight is 346 g/mol. The van der Waals surface area contributed by atoms with Gasteiger partial charge in [-0.2, -0.15) is 0 Å². The summed E-state index contributed by atoms with van der Waals surface area (Å²) < 4.78 is 10.6. The summed E-state index contributed by atoms with van der Waals surface area (Å²) in [5, 5.41) is 3.07. The van der Waals surface area contributed by atoms with Gasteiger partial charge in [-0.1, -0.05) is 25.1 Å². The Balaban J connectivity index is 1.65. The topological polar surface area (TPSA) is 67.9 Å². The molecular weight excluding hydrogens is 320 g/mol. The number of rotatable bonds is 3. The van der Waals surface area contributed by atoms with Gasteiger partial charge in [0, 0.05) is 30.6 Å². The maximum Gasteiger partial charge on any atom is 0.317 e. The summed E-state index contributed by atoms with van der Waals surface area (Å²) >= 11 is 0. The predicted octanol–water partition coefficient (Wildman–Crippen LogP) is 2.39. The van der Waals surface area contributed by atoms with Gasteiger partial charge in [-0.25, -0.2) is 4.79 Å². The molecule has 1 aromatic carbocycles. The molecule has 0 saturated carbocycles. The SMILES string of the molecule is COC(=O)[C@]1(C)CN(C(=O)N[C@H](C)[C@H]2COc3ccccc32)C[C@H]1C. The number of hydrogen-bond acceptors (Lipinski definition) is 4. The monoisotopic (exact) mass is 346 g/mol. The molecule has 136 valence electrons. The van der Waals surface area contributed by atoms with Crippen molar-refractivity contribution in [1.29, 1.82) is 0 Å². The molecule has 0 aliphatic carbocycles. The largest absolute Gasteiger partial charge is 0.493 e. The molecule has 1 N–H and O–H groups in total. The van der Waals surface area contributed by atoms with Gasteiger partial charge in [0.25, 0.3) is 0 Å². The zero-order valence-electron chi connectivity index (χ0n) is 15.2. The number of nitrogens with zero attached hydrogens (tertiary/aromatic N) is 1. The van der Waals surface area contributed by atoms with Crippen LogP contribution in [0.5, 0.6) is 5.75 Å². The molecule has 3 rings (SSSR count). The van der Waals surface area contributed by atoms with Crippen molar-refractivity contribution in [3.05, 3.63) is 29.8 Å². The lowest BCUT2D eigenvalue weighted by Crippen LogP contribution is -2.46. The van der Waals surface area contributed by atoms with E-state index in [1.54, 1.807) is 4.90 Å². The van der Waals surface area contributed by atoms with Crippen molar-refractivity contribution < 1.29 is 19.1 Å². The normalized spacial score (nSPS) is 28.9. The minimum Gasteiger partial charge on any atom is -0.493 e. The summed E-state index contributed by atoms with van der Waals surface area (Å²) in [4.78, 5) is 26.5. The highest BCUT2D eigenvalue weighted by molar-refractivity contribution is 5.81. The van der Waals surface area contributed by atoms with Gasteiger partial charge in [0.1, 0.15) is 5.75 Å². The zero-order valence-corrected chi connectivity index (χ0v) is 15.2. The Hall–Kier alpha value is -2.24. The van der Waals surface area contributed by atoms with E-state index >= 15 is 0 Å². The number of hydrogen-bond donors (Lipinski definition) is 1. The molecule has 1 aromatic rings. The molecule has 0 bridgehead atoms. The number of amides is 2. The highest BCUT2D eigenvalue weighted by Crippen LogP contribution is 2.38. The number of methoxy groups -OCH3 is 1. The number of benzene rings is 1. The van der Waals surface area contributed by atoms with E-state index in [9.17, 15) is 9.59 Å². The number of carbonyl (C=O) groups is 2. The molecule has 0 unspecified atom stereocenters. The summed E-state index contributed by atoms with van der Waals surface area (Å²) in [7, 11) is 1.39. The van der Waals surface area contributed by atoms with Crippen molar-refractivity contribution in [3.63, 3.8) is 0 Å². The van der Waals surface area contributed by atoms with Crippen LogP contribution in [0.1, 0.15) is 32.3 Å². The zero-order chi connectivity index (χ0) is 18.2. The maximum absolute atomic E-state index is 12.7. The fourth-order valence-electron chi connectivity index (χ4n) is 3.79. The van der Waals surface area contributed by atoms with Crippen LogP contribution in [0.3, 0.4) is 0 Å². The second kappa shape index (κ2) is 6.58. The minimum atomic E-state index is -0.654. The van der Waals surface area contributed by atoms with E-state index in [0.717, 1.165) is 11.3 Å². The fourth-order valence-corrected chi connectivity index (χ4v) is 3.79. The van der Waals surface area contributed by atoms with E-state index in [0.29, 0.717) is 19.7 Å². The first kappa shape index (κ1) is 17.6. The van der Waals surface area contributed by atoms with Gasteiger partial charge >= 0.3 is 12.0 Å². The van der Waals surface area contributed by atoms with E-state index in [2.05, 4.69) is 5.32 Å². The van der Waals surface area contributed by atoms with E-state index in [-0.39, 0.29) is 29.9 Å². The Kier molecular flexibility index (Phi) is 4.62. The van der Waals surface area contributed by atoms with Crippen molar-refractivity contribution in [3.8, 4) is 5.75 Å². The van der Waals surface area contributed by atoms with Crippen LogP contribution >= 0.6 is 0 Å². The maximum atomic E-state index is 12.7. The quantitative estimate of drug-likeness (QED) is 0.854. The minimum absolute atomic E-state index is 0.0524. The Labute approximate surface area is 148 Å². The third-order valence-corrected chi connectivity index (χ3v) is 5.73. The highest BCUT2D eigenvalue weighted by atomic mass is 16.5. The Bertz CT molecular complexity index is 677. The number of carbonyl (C=O) groups excluding carboxylic acids is 2. The van der Waals surface area contributed by atoms with Gasteiger partial charge in [0.2, 0.25) is 0 Å². The van der Waals surface area contributed by atoms with E-state index in [4.69, 9.17) is 9.47 Å². The number of likely N-dealkylation sites (tertiary alicyclic amines) is 1.